The number of aliphatic hydroxyl groups is 1. The zero-order valence-electron chi connectivity index (χ0n) is 13.7. The van der Waals surface area contributed by atoms with Crippen molar-refractivity contribution in [3.63, 3.8) is 0 Å². The molecule has 1 N–H and O–H groups in total. The molecule has 128 valence electrons. The van der Waals surface area contributed by atoms with Gasteiger partial charge in [-0.2, -0.15) is 0 Å². The lowest BCUT2D eigenvalue weighted by atomic mass is 9.89. The predicted octanol–water partition coefficient (Wildman–Crippen LogP) is 3.11. The Balaban J connectivity index is 1.51. The van der Waals surface area contributed by atoms with Gasteiger partial charge in [0, 0.05) is 30.7 Å². The minimum atomic E-state index is -0.542. The standard InChI is InChI=1S/C19H19FN4O/c20-14-4-5-15-17(11-14)22-12-23-19(15)24-9-6-13(7-10-24)18(25)16-3-1-2-8-21-16/h1-5,8,11-13,18,25H,6-7,9-10H2/t18-/m1/s1. The summed E-state index contributed by atoms with van der Waals surface area (Å²) in [6, 6.07) is 10.2. The van der Waals surface area contributed by atoms with Gasteiger partial charge >= 0.3 is 0 Å². The maximum absolute atomic E-state index is 13.4. The molecule has 3 aromatic rings. The average Bonchev–Trinajstić information content (AvgIpc) is 2.67. The number of fused-ring (bicyclic) bond motifs is 1. The van der Waals surface area contributed by atoms with Gasteiger partial charge in [-0.15, -0.1) is 0 Å². The molecule has 0 spiro atoms. The van der Waals surface area contributed by atoms with Crippen molar-refractivity contribution in [2.24, 2.45) is 5.92 Å². The SMILES string of the molecule is O[C@@H](c1ccccn1)C1CCN(c2ncnc3cc(F)ccc23)CC1. The highest BCUT2D eigenvalue weighted by atomic mass is 19.1. The zero-order chi connectivity index (χ0) is 17.2. The van der Waals surface area contributed by atoms with Gasteiger partial charge in [0.25, 0.3) is 0 Å². The second-order valence-electron chi connectivity index (χ2n) is 6.38. The van der Waals surface area contributed by atoms with Gasteiger partial charge in [-0.1, -0.05) is 6.07 Å². The second-order valence-corrected chi connectivity index (χ2v) is 6.38. The number of hydrogen-bond acceptors (Lipinski definition) is 5. The van der Waals surface area contributed by atoms with Crippen LogP contribution < -0.4 is 4.90 Å². The number of aromatic nitrogens is 3. The minimum Gasteiger partial charge on any atom is -0.387 e. The van der Waals surface area contributed by atoms with Gasteiger partial charge in [0.15, 0.2) is 0 Å². The summed E-state index contributed by atoms with van der Waals surface area (Å²) < 4.78 is 13.4. The number of rotatable bonds is 3. The largest absolute Gasteiger partial charge is 0.387 e. The number of benzene rings is 1. The van der Waals surface area contributed by atoms with Crippen LogP contribution in [0.1, 0.15) is 24.6 Å². The van der Waals surface area contributed by atoms with Crippen LogP contribution in [0.4, 0.5) is 10.2 Å². The second kappa shape index (κ2) is 6.72. The van der Waals surface area contributed by atoms with Crippen LogP contribution in [0.2, 0.25) is 0 Å². The molecule has 6 heteroatoms. The van der Waals surface area contributed by atoms with Crippen molar-refractivity contribution in [3.05, 3.63) is 60.4 Å². The summed E-state index contributed by atoms with van der Waals surface area (Å²) in [6.45, 7) is 1.58. The van der Waals surface area contributed by atoms with Crippen LogP contribution in [0.15, 0.2) is 48.9 Å². The van der Waals surface area contributed by atoms with E-state index in [0.717, 1.165) is 42.8 Å². The molecule has 1 saturated heterocycles. The van der Waals surface area contributed by atoms with E-state index >= 15 is 0 Å². The topological polar surface area (TPSA) is 62.1 Å². The highest BCUT2D eigenvalue weighted by molar-refractivity contribution is 5.89. The lowest BCUT2D eigenvalue weighted by Gasteiger charge is -2.35. The third-order valence-electron chi connectivity index (χ3n) is 4.85. The quantitative estimate of drug-likeness (QED) is 0.795. The summed E-state index contributed by atoms with van der Waals surface area (Å²) in [5, 5.41) is 11.4. The molecule has 0 unspecified atom stereocenters. The monoisotopic (exact) mass is 338 g/mol. The van der Waals surface area contributed by atoms with E-state index in [2.05, 4.69) is 19.9 Å². The Bertz CT molecular complexity index is 866. The van der Waals surface area contributed by atoms with Crippen LogP contribution in [-0.4, -0.2) is 33.1 Å². The summed E-state index contributed by atoms with van der Waals surface area (Å²) in [4.78, 5) is 15.0. The number of aliphatic hydroxyl groups excluding tert-OH is 1. The Labute approximate surface area is 145 Å². The minimum absolute atomic E-state index is 0.177. The fraction of sp³-hybridized carbons (Fsp3) is 0.316. The third kappa shape index (κ3) is 3.17. The van der Waals surface area contributed by atoms with Crippen molar-refractivity contribution >= 4 is 16.7 Å². The number of nitrogens with zero attached hydrogens (tertiary/aromatic N) is 4. The van der Waals surface area contributed by atoms with E-state index < -0.39 is 6.10 Å². The molecule has 2 aromatic heterocycles. The molecule has 4 rings (SSSR count). The van der Waals surface area contributed by atoms with Gasteiger partial charge in [0.1, 0.15) is 18.0 Å². The molecule has 0 bridgehead atoms. The molecule has 1 aromatic carbocycles. The van der Waals surface area contributed by atoms with Crippen molar-refractivity contribution in [2.45, 2.75) is 18.9 Å². The molecule has 5 nitrogen and oxygen atoms in total. The molecular weight excluding hydrogens is 319 g/mol. The van der Waals surface area contributed by atoms with Gasteiger partial charge in [-0.3, -0.25) is 4.98 Å². The number of hydrogen-bond donors (Lipinski definition) is 1. The van der Waals surface area contributed by atoms with E-state index in [1.165, 1.54) is 18.5 Å². The smallest absolute Gasteiger partial charge is 0.139 e. The molecular formula is C19H19FN4O. The lowest BCUT2D eigenvalue weighted by Crippen LogP contribution is -2.36. The first-order chi connectivity index (χ1) is 12.2. The summed E-state index contributed by atoms with van der Waals surface area (Å²) >= 11 is 0. The van der Waals surface area contributed by atoms with Crippen molar-refractivity contribution in [1.29, 1.82) is 0 Å². The summed E-state index contributed by atoms with van der Waals surface area (Å²) in [5.41, 5.74) is 1.34. The highest BCUT2D eigenvalue weighted by Crippen LogP contribution is 2.33. The van der Waals surface area contributed by atoms with E-state index in [0.29, 0.717) is 5.52 Å². The van der Waals surface area contributed by atoms with E-state index in [9.17, 15) is 9.50 Å². The van der Waals surface area contributed by atoms with Crippen molar-refractivity contribution < 1.29 is 9.50 Å². The number of pyridine rings is 1. The Hall–Kier alpha value is -2.60. The van der Waals surface area contributed by atoms with Gasteiger partial charge < -0.3 is 10.0 Å². The molecule has 1 aliphatic heterocycles. The average molecular weight is 338 g/mol. The van der Waals surface area contributed by atoms with Gasteiger partial charge in [-0.25, -0.2) is 14.4 Å². The van der Waals surface area contributed by atoms with Crippen LogP contribution in [0.5, 0.6) is 0 Å². The molecule has 0 amide bonds. The van der Waals surface area contributed by atoms with Crippen molar-refractivity contribution in [2.75, 3.05) is 18.0 Å². The van der Waals surface area contributed by atoms with Crippen LogP contribution in [0.3, 0.4) is 0 Å². The molecule has 0 saturated carbocycles. The summed E-state index contributed by atoms with van der Waals surface area (Å²) in [6.07, 6.45) is 4.35. The molecule has 3 heterocycles. The van der Waals surface area contributed by atoms with E-state index in [1.807, 2.05) is 18.2 Å². The van der Waals surface area contributed by atoms with Crippen LogP contribution >= 0.6 is 0 Å². The van der Waals surface area contributed by atoms with Gasteiger partial charge in [-0.05, 0) is 43.0 Å². The summed E-state index contributed by atoms with van der Waals surface area (Å²) in [7, 11) is 0. The molecule has 0 radical (unpaired) electrons. The summed E-state index contributed by atoms with van der Waals surface area (Å²) in [5.74, 6) is 0.710. The Morgan fingerprint density at radius 1 is 1.08 bits per heavy atom. The maximum atomic E-state index is 13.4. The fourth-order valence-electron chi connectivity index (χ4n) is 3.49. The van der Waals surface area contributed by atoms with E-state index in [-0.39, 0.29) is 11.7 Å². The maximum Gasteiger partial charge on any atom is 0.139 e. The normalized spacial score (nSPS) is 17.0. The lowest BCUT2D eigenvalue weighted by molar-refractivity contribution is 0.0890. The van der Waals surface area contributed by atoms with Crippen LogP contribution in [0.25, 0.3) is 10.9 Å². The van der Waals surface area contributed by atoms with Crippen LogP contribution in [0, 0.1) is 11.7 Å². The van der Waals surface area contributed by atoms with Crippen LogP contribution in [-0.2, 0) is 0 Å². The molecule has 1 aliphatic rings. The van der Waals surface area contributed by atoms with Crippen molar-refractivity contribution in [1.82, 2.24) is 15.0 Å². The van der Waals surface area contributed by atoms with Gasteiger partial charge in [0.2, 0.25) is 0 Å². The van der Waals surface area contributed by atoms with Gasteiger partial charge in [0.05, 0.1) is 17.3 Å². The Kier molecular flexibility index (Phi) is 4.28. The number of piperidine rings is 1. The van der Waals surface area contributed by atoms with E-state index in [1.54, 1.807) is 12.3 Å². The molecule has 25 heavy (non-hydrogen) atoms. The third-order valence-corrected chi connectivity index (χ3v) is 4.85. The number of anilines is 1. The first-order valence-corrected chi connectivity index (χ1v) is 8.46. The van der Waals surface area contributed by atoms with Crippen molar-refractivity contribution in [3.8, 4) is 0 Å². The van der Waals surface area contributed by atoms with E-state index in [4.69, 9.17) is 0 Å². The highest BCUT2D eigenvalue weighted by Gasteiger charge is 2.28. The molecule has 1 atom stereocenters. The predicted molar refractivity (Wildman–Crippen MR) is 93.6 cm³/mol. The number of halogens is 1. The first kappa shape index (κ1) is 15.9. The first-order valence-electron chi connectivity index (χ1n) is 8.46. The molecule has 0 aliphatic carbocycles. The fourth-order valence-corrected chi connectivity index (χ4v) is 3.49. The molecule has 1 fully saturated rings. The Morgan fingerprint density at radius 3 is 2.68 bits per heavy atom. The Morgan fingerprint density at radius 2 is 1.92 bits per heavy atom. The zero-order valence-corrected chi connectivity index (χ0v) is 13.7.